The van der Waals surface area contributed by atoms with Gasteiger partial charge in [-0.05, 0) is 86.3 Å². The van der Waals surface area contributed by atoms with Crippen molar-refractivity contribution in [3.05, 3.63) is 80.2 Å². The summed E-state index contributed by atoms with van der Waals surface area (Å²) < 4.78 is 23.2. The number of rotatable bonds is 7. The minimum absolute atomic E-state index is 0.149. The highest BCUT2D eigenvalue weighted by atomic mass is 79.9. The lowest BCUT2D eigenvalue weighted by molar-refractivity contribution is -0.119. The summed E-state index contributed by atoms with van der Waals surface area (Å²) in [4.78, 5) is 24.4. The minimum atomic E-state index is -0.590. The van der Waals surface area contributed by atoms with Crippen LogP contribution < -0.4 is 19.5 Å². The van der Waals surface area contributed by atoms with Gasteiger partial charge in [0.2, 0.25) is 6.79 Å². The van der Waals surface area contributed by atoms with Gasteiger partial charge in [-0.2, -0.15) is 0 Å². The zero-order valence-corrected chi connectivity index (χ0v) is 20.7. The Kier molecular flexibility index (Phi) is 7.20. The van der Waals surface area contributed by atoms with Crippen LogP contribution in [0.5, 0.6) is 17.2 Å². The van der Waals surface area contributed by atoms with E-state index in [9.17, 15) is 9.59 Å². The number of anilines is 1. The third kappa shape index (κ3) is 5.85. The number of fused-ring (bicyclic) bond motifs is 1. The predicted octanol–water partition coefficient (Wildman–Crippen LogP) is 5.62. The Morgan fingerprint density at radius 3 is 2.39 bits per heavy atom. The van der Waals surface area contributed by atoms with Gasteiger partial charge in [0, 0.05) is 11.8 Å². The van der Waals surface area contributed by atoms with Crippen molar-refractivity contribution >= 4 is 49.4 Å². The molecule has 4 rings (SSSR count). The average molecular weight is 577 g/mol. The van der Waals surface area contributed by atoms with Crippen molar-refractivity contribution in [2.24, 2.45) is 0 Å². The van der Waals surface area contributed by atoms with Gasteiger partial charge in [0.1, 0.15) is 12.4 Å². The molecule has 0 fully saturated rings. The first-order chi connectivity index (χ1) is 15.9. The molecule has 0 spiro atoms. The molecular formula is C24H19Br2NO6. The molecule has 7 nitrogen and oxygen atoms in total. The molecule has 0 aromatic heterocycles. The molecule has 3 aromatic rings. The first kappa shape index (κ1) is 23.1. The van der Waals surface area contributed by atoms with Crippen molar-refractivity contribution in [1.29, 1.82) is 0 Å². The molecule has 0 unspecified atom stereocenters. The summed E-state index contributed by atoms with van der Waals surface area (Å²) in [5, 5.41) is 2.66. The van der Waals surface area contributed by atoms with E-state index in [4.69, 9.17) is 18.9 Å². The number of ether oxygens (including phenoxy) is 4. The molecule has 1 amide bonds. The SMILES string of the molecule is Cc1cc(Br)c(OCc2ccc(C(=O)OCC(=O)Nc3ccc4c(c3)OCO4)cc2)c(Br)c1. The molecule has 1 heterocycles. The Morgan fingerprint density at radius 1 is 0.970 bits per heavy atom. The molecule has 9 heteroatoms. The smallest absolute Gasteiger partial charge is 0.338 e. The van der Waals surface area contributed by atoms with Crippen LogP contribution in [0.2, 0.25) is 0 Å². The standard InChI is InChI=1S/C24H19Br2NO6/c1-14-8-18(25)23(19(26)9-14)30-11-15-2-4-16(5-3-15)24(29)31-12-22(28)27-17-6-7-20-21(10-17)33-13-32-20/h2-10H,11-13H2,1H3,(H,27,28). The van der Waals surface area contributed by atoms with Gasteiger partial charge in [-0.1, -0.05) is 12.1 Å². The van der Waals surface area contributed by atoms with E-state index < -0.39 is 18.5 Å². The topological polar surface area (TPSA) is 83.1 Å². The molecule has 0 aliphatic carbocycles. The summed E-state index contributed by atoms with van der Waals surface area (Å²) in [6, 6.07) is 15.8. The van der Waals surface area contributed by atoms with Crippen LogP contribution in [0.4, 0.5) is 5.69 Å². The number of aryl methyl sites for hydroxylation is 1. The van der Waals surface area contributed by atoms with E-state index in [2.05, 4.69) is 37.2 Å². The van der Waals surface area contributed by atoms with Crippen LogP contribution in [0.25, 0.3) is 0 Å². The third-order valence-electron chi connectivity index (χ3n) is 4.71. The molecule has 0 atom stereocenters. The molecule has 0 saturated carbocycles. The highest BCUT2D eigenvalue weighted by molar-refractivity contribution is 9.11. The molecule has 0 bridgehead atoms. The van der Waals surface area contributed by atoms with Crippen LogP contribution in [0.3, 0.4) is 0 Å². The second-order valence-electron chi connectivity index (χ2n) is 7.24. The molecule has 170 valence electrons. The summed E-state index contributed by atoms with van der Waals surface area (Å²) in [7, 11) is 0. The van der Waals surface area contributed by atoms with Gasteiger partial charge in [-0.3, -0.25) is 4.79 Å². The van der Waals surface area contributed by atoms with E-state index in [1.807, 2.05) is 19.1 Å². The maximum Gasteiger partial charge on any atom is 0.338 e. The molecule has 1 aliphatic heterocycles. The van der Waals surface area contributed by atoms with Crippen LogP contribution in [-0.2, 0) is 16.1 Å². The first-order valence-electron chi connectivity index (χ1n) is 9.93. The number of amides is 1. The van der Waals surface area contributed by atoms with Crippen LogP contribution in [0.15, 0.2) is 63.5 Å². The summed E-state index contributed by atoms with van der Waals surface area (Å²) in [6.45, 7) is 2.07. The lowest BCUT2D eigenvalue weighted by Crippen LogP contribution is -2.20. The van der Waals surface area contributed by atoms with E-state index in [0.717, 1.165) is 20.1 Å². The second-order valence-corrected chi connectivity index (χ2v) is 8.94. The van der Waals surface area contributed by atoms with Gasteiger partial charge < -0.3 is 24.3 Å². The van der Waals surface area contributed by atoms with Crippen LogP contribution in [0, 0.1) is 6.92 Å². The Balaban J connectivity index is 1.27. The summed E-state index contributed by atoms with van der Waals surface area (Å²) in [5.74, 6) is 0.828. The first-order valence-corrected chi connectivity index (χ1v) is 11.5. The van der Waals surface area contributed by atoms with Crippen molar-refractivity contribution < 1.29 is 28.5 Å². The largest absolute Gasteiger partial charge is 0.487 e. The third-order valence-corrected chi connectivity index (χ3v) is 5.88. The van der Waals surface area contributed by atoms with Crippen molar-refractivity contribution in [3.63, 3.8) is 0 Å². The van der Waals surface area contributed by atoms with Crippen LogP contribution >= 0.6 is 31.9 Å². The predicted molar refractivity (Wildman–Crippen MR) is 129 cm³/mol. The van der Waals surface area contributed by atoms with Crippen molar-refractivity contribution in [3.8, 4) is 17.2 Å². The molecule has 0 saturated heterocycles. The fourth-order valence-corrected chi connectivity index (χ4v) is 4.75. The quantitative estimate of drug-likeness (QED) is 0.367. The molecule has 3 aromatic carbocycles. The molecular weight excluding hydrogens is 558 g/mol. The molecule has 1 aliphatic rings. The van der Waals surface area contributed by atoms with Gasteiger partial charge in [-0.15, -0.1) is 0 Å². The second kappa shape index (κ2) is 10.3. The van der Waals surface area contributed by atoms with Crippen molar-refractivity contribution in [1.82, 2.24) is 0 Å². The Bertz CT molecular complexity index is 1170. The fourth-order valence-electron chi connectivity index (χ4n) is 3.10. The van der Waals surface area contributed by atoms with Gasteiger partial charge in [0.15, 0.2) is 18.1 Å². The Morgan fingerprint density at radius 2 is 1.67 bits per heavy atom. The normalized spacial score (nSPS) is 11.7. The van der Waals surface area contributed by atoms with Gasteiger partial charge in [-0.25, -0.2) is 4.79 Å². The number of halogens is 2. The van der Waals surface area contributed by atoms with E-state index in [0.29, 0.717) is 35.1 Å². The number of esters is 1. The lowest BCUT2D eigenvalue weighted by Gasteiger charge is -2.12. The summed E-state index contributed by atoms with van der Waals surface area (Å²) in [5.41, 5.74) is 2.85. The zero-order valence-electron chi connectivity index (χ0n) is 17.5. The van der Waals surface area contributed by atoms with Gasteiger partial charge in [0.05, 0.1) is 14.5 Å². The Labute approximate surface area is 207 Å². The number of carbonyl (C=O) groups is 2. The van der Waals surface area contributed by atoms with Crippen molar-refractivity contribution in [2.75, 3.05) is 18.7 Å². The number of carbonyl (C=O) groups excluding carboxylic acids is 2. The zero-order chi connectivity index (χ0) is 23.4. The monoisotopic (exact) mass is 575 g/mol. The highest BCUT2D eigenvalue weighted by Gasteiger charge is 2.15. The van der Waals surface area contributed by atoms with Crippen molar-refractivity contribution in [2.45, 2.75) is 13.5 Å². The average Bonchev–Trinajstić information content (AvgIpc) is 3.25. The van der Waals surface area contributed by atoms with Crippen LogP contribution in [0.1, 0.15) is 21.5 Å². The number of nitrogens with one attached hydrogen (secondary N) is 1. The van der Waals surface area contributed by atoms with E-state index in [1.165, 1.54) is 0 Å². The Hall–Kier alpha value is -3.04. The number of hydrogen-bond acceptors (Lipinski definition) is 6. The summed E-state index contributed by atoms with van der Waals surface area (Å²) in [6.07, 6.45) is 0. The molecule has 33 heavy (non-hydrogen) atoms. The van der Waals surface area contributed by atoms with Gasteiger partial charge >= 0.3 is 5.97 Å². The minimum Gasteiger partial charge on any atom is -0.487 e. The summed E-state index contributed by atoms with van der Waals surface area (Å²) >= 11 is 7.01. The van der Waals surface area contributed by atoms with E-state index >= 15 is 0 Å². The highest BCUT2D eigenvalue weighted by Crippen LogP contribution is 2.35. The molecule has 1 N–H and O–H groups in total. The maximum absolute atomic E-state index is 12.3. The fraction of sp³-hybridized carbons (Fsp3) is 0.167. The van der Waals surface area contributed by atoms with E-state index in [1.54, 1.807) is 42.5 Å². The lowest BCUT2D eigenvalue weighted by atomic mass is 10.1. The van der Waals surface area contributed by atoms with Gasteiger partial charge in [0.25, 0.3) is 5.91 Å². The maximum atomic E-state index is 12.3. The molecule has 0 radical (unpaired) electrons. The number of benzene rings is 3. The van der Waals surface area contributed by atoms with Crippen LogP contribution in [-0.4, -0.2) is 25.3 Å². The number of hydrogen-bond donors (Lipinski definition) is 1. The van der Waals surface area contributed by atoms with E-state index in [-0.39, 0.29) is 6.79 Å².